The average Bonchev–Trinajstić information content (AvgIpc) is 2.90. The van der Waals surface area contributed by atoms with Crippen LogP contribution in [0.1, 0.15) is 5.56 Å². The molecular formula is C14H11N3S. The lowest BCUT2D eigenvalue weighted by molar-refractivity contribution is 1.27. The quantitative estimate of drug-likeness (QED) is 0.700. The number of rotatable bonds is 2. The molecule has 0 saturated carbocycles. The maximum Gasteiger partial charge on any atom is 0.125 e. The summed E-state index contributed by atoms with van der Waals surface area (Å²) in [5, 5.41) is 3.07. The molecule has 3 aromatic heterocycles. The van der Waals surface area contributed by atoms with Gasteiger partial charge in [0.05, 0.1) is 5.69 Å². The third-order valence-corrected chi connectivity index (χ3v) is 3.63. The second-order valence-electron chi connectivity index (χ2n) is 3.96. The minimum atomic E-state index is 0.987. The van der Waals surface area contributed by atoms with Crippen LogP contribution in [0.4, 0.5) is 0 Å². The molecule has 0 aliphatic carbocycles. The zero-order valence-corrected chi connectivity index (χ0v) is 10.7. The van der Waals surface area contributed by atoms with Crippen molar-refractivity contribution in [2.24, 2.45) is 0 Å². The van der Waals surface area contributed by atoms with E-state index in [0.717, 1.165) is 21.8 Å². The second-order valence-corrected chi connectivity index (χ2v) is 4.82. The fourth-order valence-corrected chi connectivity index (χ4v) is 2.64. The molecule has 0 aliphatic rings. The van der Waals surface area contributed by atoms with Crippen LogP contribution < -0.4 is 0 Å². The van der Waals surface area contributed by atoms with Crippen molar-refractivity contribution in [2.75, 3.05) is 0 Å². The fraction of sp³-hybridized carbons (Fsp3) is 0.0714. The Balaban J connectivity index is 2.03. The average molecular weight is 253 g/mol. The van der Waals surface area contributed by atoms with Crippen LogP contribution in [-0.2, 0) is 0 Å². The molecule has 3 aromatic rings. The number of aromatic nitrogens is 3. The summed E-state index contributed by atoms with van der Waals surface area (Å²) in [4.78, 5) is 12.8. The molecule has 0 unspecified atom stereocenters. The van der Waals surface area contributed by atoms with Crippen LogP contribution in [-0.4, -0.2) is 15.0 Å². The van der Waals surface area contributed by atoms with Gasteiger partial charge in [0.25, 0.3) is 0 Å². The molecule has 0 amide bonds. The Morgan fingerprint density at radius 1 is 1.00 bits per heavy atom. The second kappa shape index (κ2) is 4.66. The van der Waals surface area contributed by atoms with E-state index in [1.54, 1.807) is 29.9 Å². The van der Waals surface area contributed by atoms with Crippen molar-refractivity contribution in [3.05, 3.63) is 53.9 Å². The molecule has 4 heteroatoms. The van der Waals surface area contributed by atoms with E-state index in [0.29, 0.717) is 0 Å². The van der Waals surface area contributed by atoms with Crippen molar-refractivity contribution >= 4 is 11.3 Å². The van der Waals surface area contributed by atoms with Gasteiger partial charge in [-0.3, -0.25) is 9.97 Å². The fourth-order valence-electron chi connectivity index (χ4n) is 1.74. The molecular weight excluding hydrogens is 242 g/mol. The molecule has 18 heavy (non-hydrogen) atoms. The third kappa shape index (κ3) is 2.02. The lowest BCUT2D eigenvalue weighted by Gasteiger charge is -1.99. The van der Waals surface area contributed by atoms with Crippen molar-refractivity contribution in [1.29, 1.82) is 0 Å². The first-order valence-corrected chi connectivity index (χ1v) is 6.49. The van der Waals surface area contributed by atoms with Crippen LogP contribution >= 0.6 is 11.3 Å². The van der Waals surface area contributed by atoms with E-state index in [2.05, 4.69) is 27.3 Å². The largest absolute Gasteiger partial charge is 0.265 e. The van der Waals surface area contributed by atoms with Crippen LogP contribution in [0.15, 0.2) is 48.4 Å². The molecule has 0 saturated heterocycles. The first-order chi connectivity index (χ1) is 8.84. The summed E-state index contributed by atoms with van der Waals surface area (Å²) in [7, 11) is 0. The zero-order valence-electron chi connectivity index (χ0n) is 9.87. The van der Waals surface area contributed by atoms with E-state index in [-0.39, 0.29) is 0 Å². The number of pyridine rings is 2. The van der Waals surface area contributed by atoms with Crippen LogP contribution in [0.3, 0.4) is 0 Å². The van der Waals surface area contributed by atoms with Gasteiger partial charge in [0.2, 0.25) is 0 Å². The molecule has 0 radical (unpaired) electrons. The normalized spacial score (nSPS) is 10.5. The van der Waals surface area contributed by atoms with Gasteiger partial charge >= 0.3 is 0 Å². The number of aryl methyl sites for hydroxylation is 1. The van der Waals surface area contributed by atoms with Crippen molar-refractivity contribution in [2.45, 2.75) is 6.92 Å². The molecule has 0 aliphatic heterocycles. The summed E-state index contributed by atoms with van der Waals surface area (Å²) in [6.07, 6.45) is 7.23. The Bertz CT molecular complexity index is 662. The predicted molar refractivity (Wildman–Crippen MR) is 73.3 cm³/mol. The highest BCUT2D eigenvalue weighted by Gasteiger charge is 2.08. The molecule has 0 aromatic carbocycles. The van der Waals surface area contributed by atoms with Gasteiger partial charge in [0.1, 0.15) is 5.01 Å². The van der Waals surface area contributed by atoms with E-state index in [9.17, 15) is 0 Å². The highest BCUT2D eigenvalue weighted by atomic mass is 32.1. The standard InChI is InChI=1S/C14H11N3S/c1-10-2-5-16-8-12(10)14-17-13(9-18-14)11-3-6-15-7-4-11/h2-9H,1H3. The highest BCUT2D eigenvalue weighted by molar-refractivity contribution is 7.13. The molecule has 88 valence electrons. The Labute approximate surface area is 109 Å². The summed E-state index contributed by atoms with van der Waals surface area (Å²) in [6.45, 7) is 2.07. The van der Waals surface area contributed by atoms with Crippen molar-refractivity contribution in [3.63, 3.8) is 0 Å². The molecule has 0 spiro atoms. The van der Waals surface area contributed by atoms with E-state index in [4.69, 9.17) is 0 Å². The van der Waals surface area contributed by atoms with Gasteiger partial charge < -0.3 is 0 Å². The molecule has 3 heterocycles. The Morgan fingerprint density at radius 2 is 1.78 bits per heavy atom. The van der Waals surface area contributed by atoms with Crippen molar-refractivity contribution in [3.8, 4) is 21.8 Å². The summed E-state index contributed by atoms with van der Waals surface area (Å²) < 4.78 is 0. The van der Waals surface area contributed by atoms with Gasteiger partial charge in [0, 0.05) is 41.3 Å². The van der Waals surface area contributed by atoms with Crippen molar-refractivity contribution < 1.29 is 0 Å². The molecule has 3 nitrogen and oxygen atoms in total. The number of thiazole rings is 1. The van der Waals surface area contributed by atoms with Gasteiger partial charge in [-0.1, -0.05) is 0 Å². The zero-order chi connectivity index (χ0) is 12.4. The predicted octanol–water partition coefficient (Wildman–Crippen LogP) is 3.58. The Morgan fingerprint density at radius 3 is 2.56 bits per heavy atom. The van der Waals surface area contributed by atoms with E-state index < -0.39 is 0 Å². The summed E-state index contributed by atoms with van der Waals surface area (Å²) >= 11 is 1.64. The van der Waals surface area contributed by atoms with Gasteiger partial charge in [0.15, 0.2) is 0 Å². The summed E-state index contributed by atoms with van der Waals surface area (Å²) in [5.74, 6) is 0. The third-order valence-electron chi connectivity index (χ3n) is 2.75. The first kappa shape index (κ1) is 11.0. The van der Waals surface area contributed by atoms with E-state index in [1.165, 1.54) is 5.56 Å². The SMILES string of the molecule is Cc1ccncc1-c1nc(-c2ccncc2)cs1. The monoisotopic (exact) mass is 253 g/mol. The van der Waals surface area contributed by atoms with E-state index >= 15 is 0 Å². The van der Waals surface area contributed by atoms with Crippen LogP contribution in [0.25, 0.3) is 21.8 Å². The molecule has 0 N–H and O–H groups in total. The minimum Gasteiger partial charge on any atom is -0.265 e. The summed E-state index contributed by atoms with van der Waals surface area (Å²) in [6, 6.07) is 5.94. The maximum atomic E-state index is 4.66. The van der Waals surface area contributed by atoms with Crippen LogP contribution in [0, 0.1) is 6.92 Å². The molecule has 3 rings (SSSR count). The van der Waals surface area contributed by atoms with Gasteiger partial charge in [-0.05, 0) is 30.7 Å². The first-order valence-electron chi connectivity index (χ1n) is 5.61. The van der Waals surface area contributed by atoms with Crippen LogP contribution in [0.2, 0.25) is 0 Å². The number of hydrogen-bond donors (Lipinski definition) is 0. The van der Waals surface area contributed by atoms with Crippen molar-refractivity contribution in [1.82, 2.24) is 15.0 Å². The van der Waals surface area contributed by atoms with Gasteiger partial charge in [-0.25, -0.2) is 4.98 Å². The molecule has 0 fully saturated rings. The maximum absolute atomic E-state index is 4.66. The molecule has 0 atom stereocenters. The Hall–Kier alpha value is -2.07. The summed E-state index contributed by atoms with van der Waals surface area (Å²) in [5.41, 5.74) is 4.37. The van der Waals surface area contributed by atoms with Gasteiger partial charge in [-0.15, -0.1) is 11.3 Å². The minimum absolute atomic E-state index is 0.987. The van der Waals surface area contributed by atoms with Gasteiger partial charge in [-0.2, -0.15) is 0 Å². The Kier molecular flexibility index (Phi) is 2.86. The van der Waals surface area contributed by atoms with Crippen LogP contribution in [0.5, 0.6) is 0 Å². The molecule has 0 bridgehead atoms. The number of hydrogen-bond acceptors (Lipinski definition) is 4. The smallest absolute Gasteiger partial charge is 0.125 e. The number of nitrogens with zero attached hydrogens (tertiary/aromatic N) is 3. The van der Waals surface area contributed by atoms with E-state index in [1.807, 2.05) is 24.4 Å². The topological polar surface area (TPSA) is 38.7 Å². The highest BCUT2D eigenvalue weighted by Crippen LogP contribution is 2.29. The lowest BCUT2D eigenvalue weighted by atomic mass is 10.2. The lowest BCUT2D eigenvalue weighted by Crippen LogP contribution is -1.84.